The summed E-state index contributed by atoms with van der Waals surface area (Å²) in [6.45, 7) is 0. The van der Waals surface area contributed by atoms with Crippen LogP contribution in [0.15, 0.2) is 40.6 Å². The van der Waals surface area contributed by atoms with Crippen LogP contribution in [-0.4, -0.2) is 16.8 Å². The Balaban J connectivity index is 2.37. The zero-order valence-electron chi connectivity index (χ0n) is 8.12. The molecular formula is C9H9NO4S2. The average Bonchev–Trinajstić information content (AvgIpc) is 2.36. The molecule has 1 aromatic rings. The molecule has 0 radical (unpaired) electrons. The number of benzene rings is 1. The average molecular weight is 259 g/mol. The minimum absolute atomic E-state index is 0.0788. The predicted octanol–water partition coefficient (Wildman–Crippen LogP) is 0.333. The summed E-state index contributed by atoms with van der Waals surface area (Å²) >= 11 is 0. The minimum atomic E-state index is -3.87. The Bertz CT molecular complexity index is 629. The van der Waals surface area contributed by atoms with E-state index in [-0.39, 0.29) is 11.3 Å². The van der Waals surface area contributed by atoms with E-state index in [1.54, 1.807) is 34.5 Å². The van der Waals surface area contributed by atoms with Crippen molar-refractivity contribution in [2.45, 2.75) is 6.42 Å². The molecule has 1 heterocycles. The quantitative estimate of drug-likeness (QED) is 0.830. The topological polar surface area (TPSA) is 80.3 Å². The van der Waals surface area contributed by atoms with E-state index < -0.39 is 20.0 Å². The summed E-state index contributed by atoms with van der Waals surface area (Å²) in [6.07, 6.45) is 0.0788. The van der Waals surface area contributed by atoms with Crippen LogP contribution in [0.3, 0.4) is 0 Å². The van der Waals surface area contributed by atoms with Gasteiger partial charge < -0.3 is 0 Å². The fourth-order valence-corrected chi connectivity index (χ4v) is 4.92. The van der Waals surface area contributed by atoms with E-state index in [4.69, 9.17) is 0 Å². The van der Waals surface area contributed by atoms with Crippen LogP contribution < -0.4 is 4.13 Å². The number of nitrogens with one attached hydrogen (secondary N) is 1. The van der Waals surface area contributed by atoms with Crippen molar-refractivity contribution in [2.24, 2.45) is 0 Å². The third-order valence-electron chi connectivity index (χ3n) is 2.08. The first-order valence-corrected chi connectivity index (χ1v) is 7.45. The first-order valence-electron chi connectivity index (χ1n) is 4.42. The highest BCUT2D eigenvalue weighted by molar-refractivity contribution is 8.11. The van der Waals surface area contributed by atoms with Crippen LogP contribution in [0.2, 0.25) is 0 Å². The number of sulfonamides is 2. The van der Waals surface area contributed by atoms with Gasteiger partial charge in [0.05, 0.1) is 10.3 Å². The van der Waals surface area contributed by atoms with Crippen LogP contribution in [0, 0.1) is 0 Å². The second-order valence-electron chi connectivity index (χ2n) is 3.38. The number of allylic oxidation sites excluding steroid dienone is 1. The van der Waals surface area contributed by atoms with E-state index >= 15 is 0 Å². The SMILES string of the molecule is O=S1(=O)C=C(Cc2ccccc2)S(=O)(=O)N1. The van der Waals surface area contributed by atoms with Gasteiger partial charge in [0.1, 0.15) is 0 Å². The summed E-state index contributed by atoms with van der Waals surface area (Å²) < 4.78 is 46.6. The molecule has 0 aromatic heterocycles. The van der Waals surface area contributed by atoms with E-state index in [0.717, 1.165) is 11.0 Å². The highest BCUT2D eigenvalue weighted by Crippen LogP contribution is 2.20. The zero-order valence-corrected chi connectivity index (χ0v) is 9.75. The number of hydrogen-bond acceptors (Lipinski definition) is 4. The standard InChI is InChI=1S/C9H9NO4S2/c11-15(12)7-9(16(13,14)10-15)6-8-4-2-1-3-5-8/h1-5,7,10H,6H2. The van der Waals surface area contributed by atoms with E-state index in [1.165, 1.54) is 0 Å². The Morgan fingerprint density at radius 2 is 1.62 bits per heavy atom. The molecule has 0 spiro atoms. The van der Waals surface area contributed by atoms with Crippen molar-refractivity contribution in [3.8, 4) is 0 Å². The molecule has 0 atom stereocenters. The lowest BCUT2D eigenvalue weighted by atomic mass is 10.1. The first kappa shape index (κ1) is 11.3. The summed E-state index contributed by atoms with van der Waals surface area (Å²) in [5.41, 5.74) is 0.747. The molecule has 16 heavy (non-hydrogen) atoms. The smallest absolute Gasteiger partial charge is 0.207 e. The van der Waals surface area contributed by atoms with Crippen molar-refractivity contribution < 1.29 is 16.8 Å². The molecule has 2 rings (SSSR count). The second-order valence-corrected chi connectivity index (χ2v) is 6.90. The Kier molecular flexibility index (Phi) is 2.61. The van der Waals surface area contributed by atoms with Gasteiger partial charge >= 0.3 is 0 Å². The van der Waals surface area contributed by atoms with Crippen LogP contribution >= 0.6 is 0 Å². The Morgan fingerprint density at radius 3 is 2.12 bits per heavy atom. The Hall–Kier alpha value is -1.18. The molecule has 0 aliphatic carbocycles. The highest BCUT2D eigenvalue weighted by Gasteiger charge is 2.32. The number of rotatable bonds is 2. The molecule has 7 heteroatoms. The molecule has 86 valence electrons. The van der Waals surface area contributed by atoms with Crippen molar-refractivity contribution in [2.75, 3.05) is 0 Å². The predicted molar refractivity (Wildman–Crippen MR) is 59.2 cm³/mol. The van der Waals surface area contributed by atoms with E-state index in [1.807, 2.05) is 0 Å². The van der Waals surface area contributed by atoms with Crippen molar-refractivity contribution in [3.63, 3.8) is 0 Å². The highest BCUT2D eigenvalue weighted by atomic mass is 32.3. The van der Waals surface area contributed by atoms with Gasteiger partial charge in [-0.05, 0) is 5.56 Å². The Labute approximate surface area is 93.9 Å². The lowest BCUT2D eigenvalue weighted by Crippen LogP contribution is -2.23. The van der Waals surface area contributed by atoms with Gasteiger partial charge in [-0.3, -0.25) is 0 Å². The molecular weight excluding hydrogens is 250 g/mol. The van der Waals surface area contributed by atoms with E-state index in [9.17, 15) is 16.8 Å². The lowest BCUT2D eigenvalue weighted by molar-refractivity contribution is 0.589. The number of hydrogen-bond donors (Lipinski definition) is 1. The summed E-state index contributed by atoms with van der Waals surface area (Å²) in [5, 5.41) is 0.759. The van der Waals surface area contributed by atoms with Crippen molar-refractivity contribution in [1.29, 1.82) is 0 Å². The molecule has 5 nitrogen and oxygen atoms in total. The molecule has 1 aliphatic rings. The third-order valence-corrected chi connectivity index (χ3v) is 5.58. The summed E-state index contributed by atoms with van der Waals surface area (Å²) in [4.78, 5) is -0.126. The van der Waals surface area contributed by atoms with Gasteiger partial charge in [0.2, 0.25) is 10.0 Å². The van der Waals surface area contributed by atoms with E-state index in [0.29, 0.717) is 0 Å². The summed E-state index contributed by atoms with van der Waals surface area (Å²) in [6, 6.07) is 8.80. The van der Waals surface area contributed by atoms with Crippen LogP contribution in [0.25, 0.3) is 0 Å². The molecule has 1 aromatic carbocycles. The second kappa shape index (κ2) is 3.69. The summed E-state index contributed by atoms with van der Waals surface area (Å²) in [5.74, 6) is 0. The maximum atomic E-state index is 11.4. The maximum absolute atomic E-state index is 11.4. The minimum Gasteiger partial charge on any atom is -0.207 e. The Morgan fingerprint density at radius 1 is 1.00 bits per heavy atom. The molecule has 0 saturated heterocycles. The molecule has 0 unspecified atom stereocenters. The van der Waals surface area contributed by atoms with Crippen molar-refractivity contribution in [1.82, 2.24) is 4.13 Å². The lowest BCUT2D eigenvalue weighted by Gasteiger charge is -2.00. The molecule has 1 N–H and O–H groups in total. The van der Waals surface area contributed by atoms with E-state index in [2.05, 4.69) is 0 Å². The molecule has 0 saturated carbocycles. The van der Waals surface area contributed by atoms with Gasteiger partial charge in [-0.1, -0.05) is 30.3 Å². The van der Waals surface area contributed by atoms with Gasteiger partial charge in [-0.25, -0.2) is 16.8 Å². The van der Waals surface area contributed by atoms with Gasteiger partial charge in [0.15, 0.2) is 0 Å². The molecule has 0 bridgehead atoms. The van der Waals surface area contributed by atoms with Gasteiger partial charge in [0.25, 0.3) is 10.0 Å². The van der Waals surface area contributed by atoms with Crippen LogP contribution in [0.5, 0.6) is 0 Å². The zero-order chi connectivity index (χ0) is 11.8. The van der Waals surface area contributed by atoms with Crippen LogP contribution in [0.4, 0.5) is 0 Å². The summed E-state index contributed by atoms with van der Waals surface area (Å²) in [7, 11) is -7.69. The fourth-order valence-electron chi connectivity index (χ4n) is 1.40. The first-order chi connectivity index (χ1) is 7.39. The van der Waals surface area contributed by atoms with Crippen molar-refractivity contribution in [3.05, 3.63) is 46.2 Å². The normalized spacial score (nSPS) is 21.6. The fraction of sp³-hybridized carbons (Fsp3) is 0.111. The van der Waals surface area contributed by atoms with Crippen LogP contribution in [-0.2, 0) is 26.5 Å². The molecule has 1 aliphatic heterocycles. The molecule has 0 amide bonds. The molecule has 0 fully saturated rings. The maximum Gasteiger partial charge on any atom is 0.251 e. The largest absolute Gasteiger partial charge is 0.251 e. The van der Waals surface area contributed by atoms with Gasteiger partial charge in [-0.15, -0.1) is 4.13 Å². The third kappa shape index (κ3) is 2.31. The van der Waals surface area contributed by atoms with Gasteiger partial charge in [0, 0.05) is 6.42 Å². The monoisotopic (exact) mass is 259 g/mol. The van der Waals surface area contributed by atoms with Crippen molar-refractivity contribution >= 4 is 20.0 Å². The van der Waals surface area contributed by atoms with Crippen LogP contribution in [0.1, 0.15) is 5.56 Å². The van der Waals surface area contributed by atoms with Gasteiger partial charge in [-0.2, -0.15) is 0 Å².